The SMILES string of the molecule is CC1C(c2ccc3c(c2)=CC(C)C(C)(C)[N+]=3C)c2ccccc2N(C)C1(C)C. The second-order valence-electron chi connectivity index (χ2n) is 10.0. The lowest BCUT2D eigenvalue weighted by Crippen LogP contribution is -2.56. The lowest BCUT2D eigenvalue weighted by atomic mass is 9.68. The molecule has 2 aromatic rings. The van der Waals surface area contributed by atoms with Gasteiger partial charge in [0.1, 0.15) is 7.05 Å². The number of rotatable bonds is 1. The van der Waals surface area contributed by atoms with Crippen LogP contribution < -0.4 is 20.1 Å². The van der Waals surface area contributed by atoms with Crippen molar-refractivity contribution in [2.75, 3.05) is 19.0 Å². The molecule has 3 atom stereocenters. The molecular weight excluding hydrogens is 340 g/mol. The summed E-state index contributed by atoms with van der Waals surface area (Å²) in [4.78, 5) is 2.46. The van der Waals surface area contributed by atoms with E-state index in [0.29, 0.717) is 17.8 Å². The van der Waals surface area contributed by atoms with Crippen LogP contribution in [0.25, 0.3) is 6.08 Å². The summed E-state index contributed by atoms with van der Waals surface area (Å²) in [5.74, 6) is 1.44. The molecule has 0 N–H and O–H groups in total. The van der Waals surface area contributed by atoms with E-state index < -0.39 is 0 Å². The molecule has 28 heavy (non-hydrogen) atoms. The molecule has 0 bridgehead atoms. The van der Waals surface area contributed by atoms with Gasteiger partial charge in [-0.2, -0.15) is 0 Å². The molecule has 0 spiro atoms. The quantitative estimate of drug-likeness (QED) is 0.683. The maximum atomic E-state index is 2.47. The van der Waals surface area contributed by atoms with Crippen LogP contribution in [-0.2, 0) is 0 Å². The van der Waals surface area contributed by atoms with Gasteiger partial charge in [0.25, 0.3) is 0 Å². The average Bonchev–Trinajstić information content (AvgIpc) is 2.65. The fourth-order valence-corrected chi connectivity index (χ4v) is 5.11. The number of fused-ring (bicyclic) bond motifs is 2. The Bertz CT molecular complexity index is 1040. The lowest BCUT2D eigenvalue weighted by molar-refractivity contribution is 0.284. The first-order valence-electron chi connectivity index (χ1n) is 10.6. The van der Waals surface area contributed by atoms with Gasteiger partial charge in [-0.05, 0) is 43.0 Å². The highest BCUT2D eigenvalue weighted by Gasteiger charge is 2.43. The first kappa shape index (κ1) is 19.2. The van der Waals surface area contributed by atoms with E-state index in [1.807, 2.05) is 0 Å². The number of benzene rings is 2. The molecule has 2 heterocycles. The Labute approximate surface area is 170 Å². The van der Waals surface area contributed by atoms with Gasteiger partial charge in [-0.15, -0.1) is 0 Å². The Balaban J connectivity index is 1.94. The monoisotopic (exact) mass is 375 g/mol. The van der Waals surface area contributed by atoms with E-state index in [1.54, 1.807) is 0 Å². The Morgan fingerprint density at radius 3 is 2.36 bits per heavy atom. The third-order valence-electron chi connectivity index (χ3n) is 8.29. The summed E-state index contributed by atoms with van der Waals surface area (Å²) in [5.41, 5.74) is 4.50. The smallest absolute Gasteiger partial charge is 0.207 e. The van der Waals surface area contributed by atoms with Gasteiger partial charge in [0.2, 0.25) is 5.36 Å². The van der Waals surface area contributed by atoms with Crippen molar-refractivity contribution in [2.24, 2.45) is 11.8 Å². The molecule has 2 nitrogen and oxygen atoms in total. The van der Waals surface area contributed by atoms with E-state index in [4.69, 9.17) is 0 Å². The van der Waals surface area contributed by atoms with Gasteiger partial charge in [-0.3, -0.25) is 0 Å². The summed E-state index contributed by atoms with van der Waals surface area (Å²) >= 11 is 0. The molecule has 148 valence electrons. The number of nitrogens with zero attached hydrogens (tertiary/aromatic N) is 2. The molecule has 0 aliphatic carbocycles. The Hall–Kier alpha value is -2.09. The van der Waals surface area contributed by atoms with Crippen LogP contribution in [0.4, 0.5) is 5.69 Å². The highest BCUT2D eigenvalue weighted by atomic mass is 15.2. The van der Waals surface area contributed by atoms with Crippen LogP contribution >= 0.6 is 0 Å². The minimum Gasteiger partial charge on any atom is -0.369 e. The van der Waals surface area contributed by atoms with Crippen molar-refractivity contribution < 1.29 is 0 Å². The summed E-state index contributed by atoms with van der Waals surface area (Å²) in [5, 5.41) is 2.73. The molecule has 2 aliphatic heterocycles. The van der Waals surface area contributed by atoms with Crippen molar-refractivity contribution in [1.29, 1.82) is 0 Å². The largest absolute Gasteiger partial charge is 0.369 e. The number of hydrogen-bond donors (Lipinski definition) is 0. The first-order valence-corrected chi connectivity index (χ1v) is 10.6. The molecule has 0 saturated carbocycles. The first-order chi connectivity index (χ1) is 13.1. The molecule has 0 amide bonds. The topological polar surface area (TPSA) is 6.25 Å². The molecule has 0 saturated heterocycles. The van der Waals surface area contributed by atoms with Crippen molar-refractivity contribution in [2.45, 2.75) is 58.5 Å². The van der Waals surface area contributed by atoms with Crippen molar-refractivity contribution in [3.8, 4) is 0 Å². The molecule has 0 fully saturated rings. The zero-order valence-corrected chi connectivity index (χ0v) is 18.7. The second-order valence-corrected chi connectivity index (χ2v) is 10.0. The maximum Gasteiger partial charge on any atom is 0.207 e. The van der Waals surface area contributed by atoms with Crippen LogP contribution in [0.3, 0.4) is 0 Å². The predicted octanol–water partition coefficient (Wildman–Crippen LogP) is 4.01. The number of para-hydroxylation sites is 1. The third-order valence-corrected chi connectivity index (χ3v) is 8.29. The third kappa shape index (κ3) is 2.57. The summed E-state index contributed by atoms with van der Waals surface area (Å²) in [6.45, 7) is 14.2. The van der Waals surface area contributed by atoms with Gasteiger partial charge < -0.3 is 4.90 Å². The predicted molar refractivity (Wildman–Crippen MR) is 120 cm³/mol. The summed E-state index contributed by atoms with van der Waals surface area (Å²) in [7, 11) is 4.48. The zero-order chi connectivity index (χ0) is 20.4. The van der Waals surface area contributed by atoms with Crippen molar-refractivity contribution in [3.63, 3.8) is 0 Å². The Kier molecular flexibility index (Phi) is 4.26. The van der Waals surface area contributed by atoms with E-state index in [-0.39, 0.29) is 11.1 Å². The molecule has 2 aromatic carbocycles. The van der Waals surface area contributed by atoms with E-state index in [1.165, 1.54) is 27.4 Å². The summed E-state index contributed by atoms with van der Waals surface area (Å²) in [6.07, 6.45) is 2.47. The fraction of sp³-hybridized carbons (Fsp3) is 0.500. The molecule has 4 rings (SSSR count). The van der Waals surface area contributed by atoms with Gasteiger partial charge in [0.05, 0.1) is 0 Å². The maximum absolute atomic E-state index is 2.47. The van der Waals surface area contributed by atoms with Crippen LogP contribution in [0, 0.1) is 11.8 Å². The number of anilines is 1. The van der Waals surface area contributed by atoms with Crippen molar-refractivity contribution in [1.82, 2.24) is 4.58 Å². The fourth-order valence-electron chi connectivity index (χ4n) is 5.11. The van der Waals surface area contributed by atoms with Gasteiger partial charge in [-0.25, -0.2) is 4.58 Å². The Morgan fingerprint density at radius 1 is 0.964 bits per heavy atom. The average molecular weight is 376 g/mol. The van der Waals surface area contributed by atoms with Crippen molar-refractivity contribution in [3.05, 3.63) is 64.2 Å². The molecule has 0 radical (unpaired) electrons. The normalized spacial score (nSPS) is 27.6. The highest BCUT2D eigenvalue weighted by Crippen LogP contribution is 2.48. The van der Waals surface area contributed by atoms with Gasteiger partial charge in [0.15, 0.2) is 5.54 Å². The van der Waals surface area contributed by atoms with Crippen molar-refractivity contribution >= 4 is 11.8 Å². The Morgan fingerprint density at radius 2 is 1.64 bits per heavy atom. The van der Waals surface area contributed by atoms with Crippen LogP contribution in [0.5, 0.6) is 0 Å². The van der Waals surface area contributed by atoms with E-state index in [0.717, 1.165) is 0 Å². The molecule has 2 aliphatic rings. The van der Waals surface area contributed by atoms with Gasteiger partial charge in [0, 0.05) is 55.2 Å². The van der Waals surface area contributed by atoms with Crippen LogP contribution in [0.2, 0.25) is 0 Å². The minimum atomic E-state index is 0.102. The van der Waals surface area contributed by atoms with Crippen LogP contribution in [0.15, 0.2) is 42.5 Å². The molecule has 3 unspecified atom stereocenters. The molecule has 2 heteroatoms. The van der Waals surface area contributed by atoms with E-state index >= 15 is 0 Å². The molecule has 0 aromatic heterocycles. The van der Waals surface area contributed by atoms with Gasteiger partial charge in [-0.1, -0.05) is 44.2 Å². The zero-order valence-electron chi connectivity index (χ0n) is 18.7. The standard InChI is InChI=1S/C26H35N2/c1-17-15-20-16-19(13-14-22(20)27(7)25(17,3)4)24-18(2)26(5,6)28(8)23-12-10-9-11-21(23)24/h9-18,24H,1-8H3/q+1. The second kappa shape index (κ2) is 6.20. The summed E-state index contributed by atoms with van der Waals surface area (Å²) < 4.78 is 2.45. The highest BCUT2D eigenvalue weighted by molar-refractivity contribution is 5.62. The van der Waals surface area contributed by atoms with Crippen LogP contribution in [-0.4, -0.2) is 25.2 Å². The molecular formula is C26H35N2+. The summed E-state index contributed by atoms with van der Waals surface area (Å²) in [6, 6.07) is 16.1. The minimum absolute atomic E-state index is 0.102. The van der Waals surface area contributed by atoms with Gasteiger partial charge >= 0.3 is 0 Å². The lowest BCUT2D eigenvalue weighted by Gasteiger charge is -2.51. The van der Waals surface area contributed by atoms with E-state index in [2.05, 4.69) is 114 Å². The van der Waals surface area contributed by atoms with Crippen LogP contribution in [0.1, 0.15) is 58.6 Å². The number of hydrogen-bond acceptors (Lipinski definition) is 1. The van der Waals surface area contributed by atoms with E-state index in [9.17, 15) is 0 Å².